The molecule has 2 aromatic rings. The molecule has 1 heterocycles. The Labute approximate surface area is 104 Å². The average molecular weight is 248 g/mol. The lowest BCUT2D eigenvalue weighted by Crippen LogP contribution is -2.22. The minimum atomic E-state index is -0.464. The summed E-state index contributed by atoms with van der Waals surface area (Å²) in [6.45, 7) is 2.52. The number of hydrogen-bond acceptors (Lipinski definition) is 3. The van der Waals surface area contributed by atoms with Gasteiger partial charge in [0.2, 0.25) is 5.91 Å². The molecule has 1 aromatic carbocycles. The number of fused-ring (bicyclic) bond motifs is 1. The molecule has 0 radical (unpaired) electrons. The summed E-state index contributed by atoms with van der Waals surface area (Å²) in [5, 5.41) is 2.84. The largest absolute Gasteiger partial charge is 0.417 e. The van der Waals surface area contributed by atoms with E-state index in [9.17, 15) is 9.59 Å². The first-order valence-electron chi connectivity index (χ1n) is 6.07. The van der Waals surface area contributed by atoms with Crippen LogP contribution in [0.4, 0.5) is 0 Å². The number of carbonyl (C=O) groups is 1. The molecule has 0 spiro atoms. The van der Waals surface area contributed by atoms with Crippen molar-refractivity contribution in [2.24, 2.45) is 0 Å². The van der Waals surface area contributed by atoms with Crippen molar-refractivity contribution in [2.75, 3.05) is 0 Å². The standard InChI is InChI=1S/C13H16N2O3/c1-2-3-4-12(16)14-8-9-5-6-11-10(7-9)15-13(17)18-11/h5-7H,2-4,8H2,1H3,(H,14,16)(H,15,17). The zero-order valence-electron chi connectivity index (χ0n) is 10.3. The first-order chi connectivity index (χ1) is 8.69. The number of aromatic amines is 1. The van der Waals surface area contributed by atoms with E-state index in [1.165, 1.54) is 0 Å². The van der Waals surface area contributed by atoms with E-state index in [-0.39, 0.29) is 5.91 Å². The van der Waals surface area contributed by atoms with E-state index >= 15 is 0 Å². The minimum absolute atomic E-state index is 0.0534. The molecule has 0 atom stereocenters. The quantitative estimate of drug-likeness (QED) is 0.848. The van der Waals surface area contributed by atoms with Crippen LogP contribution in [0.1, 0.15) is 31.7 Å². The van der Waals surface area contributed by atoms with Crippen LogP contribution >= 0.6 is 0 Å². The number of carbonyl (C=O) groups excluding carboxylic acids is 1. The van der Waals surface area contributed by atoms with Gasteiger partial charge in [0.1, 0.15) is 0 Å². The monoisotopic (exact) mass is 248 g/mol. The zero-order valence-corrected chi connectivity index (χ0v) is 10.3. The number of H-pyrrole nitrogens is 1. The molecule has 2 N–H and O–H groups in total. The van der Waals surface area contributed by atoms with Gasteiger partial charge in [-0.3, -0.25) is 9.78 Å². The SMILES string of the molecule is CCCCC(=O)NCc1ccc2oc(=O)[nH]c2c1. The van der Waals surface area contributed by atoms with E-state index in [0.29, 0.717) is 24.1 Å². The van der Waals surface area contributed by atoms with Crippen LogP contribution in [0, 0.1) is 0 Å². The zero-order chi connectivity index (χ0) is 13.0. The smallest absolute Gasteiger partial charge is 0.408 e. The maximum Gasteiger partial charge on any atom is 0.417 e. The fourth-order valence-electron chi connectivity index (χ4n) is 1.74. The van der Waals surface area contributed by atoms with Crippen LogP contribution in [0.5, 0.6) is 0 Å². The van der Waals surface area contributed by atoms with Crippen molar-refractivity contribution in [2.45, 2.75) is 32.7 Å². The number of hydrogen-bond donors (Lipinski definition) is 2. The van der Waals surface area contributed by atoms with Crippen molar-refractivity contribution in [3.8, 4) is 0 Å². The molecule has 0 aliphatic heterocycles. The van der Waals surface area contributed by atoms with Gasteiger partial charge >= 0.3 is 5.76 Å². The fraction of sp³-hybridized carbons (Fsp3) is 0.385. The van der Waals surface area contributed by atoms with E-state index in [0.717, 1.165) is 18.4 Å². The number of aromatic nitrogens is 1. The summed E-state index contributed by atoms with van der Waals surface area (Å²) in [4.78, 5) is 25.0. The lowest BCUT2D eigenvalue weighted by molar-refractivity contribution is -0.121. The molecule has 0 unspecified atom stereocenters. The maximum atomic E-state index is 11.5. The molecule has 18 heavy (non-hydrogen) atoms. The molecule has 2 rings (SSSR count). The summed E-state index contributed by atoms with van der Waals surface area (Å²) < 4.78 is 4.90. The second kappa shape index (κ2) is 5.53. The van der Waals surface area contributed by atoms with E-state index in [1.54, 1.807) is 12.1 Å². The maximum absolute atomic E-state index is 11.5. The third-order valence-corrected chi connectivity index (χ3v) is 2.73. The van der Waals surface area contributed by atoms with Crippen molar-refractivity contribution in [1.82, 2.24) is 10.3 Å². The van der Waals surface area contributed by atoms with Crippen LogP contribution in [0.2, 0.25) is 0 Å². The highest BCUT2D eigenvalue weighted by atomic mass is 16.4. The number of nitrogens with one attached hydrogen (secondary N) is 2. The molecule has 5 heteroatoms. The van der Waals surface area contributed by atoms with Crippen molar-refractivity contribution in [1.29, 1.82) is 0 Å². The van der Waals surface area contributed by atoms with Crippen molar-refractivity contribution < 1.29 is 9.21 Å². The molecule has 0 aliphatic rings. The third-order valence-electron chi connectivity index (χ3n) is 2.73. The van der Waals surface area contributed by atoms with Gasteiger partial charge in [0.25, 0.3) is 0 Å². The van der Waals surface area contributed by atoms with Gasteiger partial charge in [-0.25, -0.2) is 4.79 Å². The van der Waals surface area contributed by atoms with Gasteiger partial charge < -0.3 is 9.73 Å². The van der Waals surface area contributed by atoms with Gasteiger partial charge in [-0.1, -0.05) is 19.4 Å². The van der Waals surface area contributed by atoms with Crippen LogP contribution in [-0.4, -0.2) is 10.9 Å². The fourth-order valence-corrected chi connectivity index (χ4v) is 1.74. The molecule has 0 aliphatic carbocycles. The summed E-state index contributed by atoms with van der Waals surface area (Å²) >= 11 is 0. The molecule has 0 fully saturated rings. The van der Waals surface area contributed by atoms with Crippen LogP contribution in [0.15, 0.2) is 27.4 Å². The van der Waals surface area contributed by atoms with Crippen LogP contribution in [0.25, 0.3) is 11.1 Å². The molecular weight excluding hydrogens is 232 g/mol. The number of unbranched alkanes of at least 4 members (excludes halogenated alkanes) is 1. The summed E-state index contributed by atoms with van der Waals surface area (Å²) in [6.07, 6.45) is 2.47. The summed E-state index contributed by atoms with van der Waals surface area (Å²) in [5.74, 6) is -0.410. The van der Waals surface area contributed by atoms with E-state index in [2.05, 4.69) is 17.2 Å². The van der Waals surface area contributed by atoms with Crippen LogP contribution in [-0.2, 0) is 11.3 Å². The van der Waals surface area contributed by atoms with Crippen molar-refractivity contribution in [3.63, 3.8) is 0 Å². The molecule has 1 aromatic heterocycles. The Morgan fingerprint density at radius 1 is 1.44 bits per heavy atom. The van der Waals surface area contributed by atoms with Crippen molar-refractivity contribution in [3.05, 3.63) is 34.3 Å². The molecule has 0 saturated heterocycles. The van der Waals surface area contributed by atoms with Gasteiger partial charge in [0, 0.05) is 13.0 Å². The van der Waals surface area contributed by atoms with Crippen LogP contribution in [0.3, 0.4) is 0 Å². The Kier molecular flexibility index (Phi) is 3.82. The highest BCUT2D eigenvalue weighted by molar-refractivity contribution is 5.76. The predicted molar refractivity (Wildman–Crippen MR) is 68.2 cm³/mol. The highest BCUT2D eigenvalue weighted by Crippen LogP contribution is 2.12. The summed E-state index contributed by atoms with van der Waals surface area (Å²) in [5.41, 5.74) is 2.12. The summed E-state index contributed by atoms with van der Waals surface area (Å²) in [7, 11) is 0. The predicted octanol–water partition coefficient (Wildman–Crippen LogP) is 1.93. The van der Waals surface area contributed by atoms with Gasteiger partial charge in [0.15, 0.2) is 5.58 Å². The Balaban J connectivity index is 1.99. The van der Waals surface area contributed by atoms with E-state index < -0.39 is 5.76 Å². The average Bonchev–Trinajstić information content (AvgIpc) is 2.73. The van der Waals surface area contributed by atoms with E-state index in [4.69, 9.17) is 4.42 Å². The first-order valence-corrected chi connectivity index (χ1v) is 6.07. The highest BCUT2D eigenvalue weighted by Gasteiger charge is 2.04. The Hall–Kier alpha value is -2.04. The Bertz CT molecular complexity index is 598. The van der Waals surface area contributed by atoms with E-state index in [1.807, 2.05) is 6.07 Å². The second-order valence-corrected chi connectivity index (χ2v) is 4.23. The van der Waals surface area contributed by atoms with Gasteiger partial charge in [-0.15, -0.1) is 0 Å². The molecule has 0 saturated carbocycles. The second-order valence-electron chi connectivity index (χ2n) is 4.23. The normalized spacial score (nSPS) is 10.7. The topological polar surface area (TPSA) is 75.1 Å². The van der Waals surface area contributed by atoms with Crippen LogP contribution < -0.4 is 11.1 Å². The van der Waals surface area contributed by atoms with Gasteiger partial charge in [0.05, 0.1) is 5.52 Å². The van der Waals surface area contributed by atoms with Gasteiger partial charge in [-0.05, 0) is 24.1 Å². The lowest BCUT2D eigenvalue weighted by atomic mass is 10.2. The Morgan fingerprint density at radius 3 is 3.06 bits per heavy atom. The number of benzene rings is 1. The van der Waals surface area contributed by atoms with Gasteiger partial charge in [-0.2, -0.15) is 0 Å². The molecule has 5 nitrogen and oxygen atoms in total. The number of rotatable bonds is 5. The molecular formula is C13H16N2O3. The lowest BCUT2D eigenvalue weighted by Gasteiger charge is -2.04. The van der Waals surface area contributed by atoms with Crippen molar-refractivity contribution >= 4 is 17.0 Å². The molecule has 96 valence electrons. The first kappa shape index (κ1) is 12.4. The number of amides is 1. The summed E-state index contributed by atoms with van der Waals surface area (Å²) in [6, 6.07) is 5.36. The minimum Gasteiger partial charge on any atom is -0.408 e. The third kappa shape index (κ3) is 3.00. The Morgan fingerprint density at radius 2 is 2.28 bits per heavy atom. The molecule has 0 bridgehead atoms. The number of oxazole rings is 1. The molecule has 1 amide bonds.